The number of hydrogen-bond acceptors (Lipinski definition) is 3. The van der Waals surface area contributed by atoms with Gasteiger partial charge in [0.1, 0.15) is 5.75 Å². The molecular formula is C16H26N2O. The third-order valence-electron chi connectivity index (χ3n) is 3.82. The topological polar surface area (TPSA) is 24.5 Å². The van der Waals surface area contributed by atoms with Gasteiger partial charge in [-0.25, -0.2) is 0 Å². The Hall–Kier alpha value is -1.06. The highest BCUT2D eigenvalue weighted by molar-refractivity contribution is 5.43. The van der Waals surface area contributed by atoms with Gasteiger partial charge in [-0.05, 0) is 50.5 Å². The summed E-state index contributed by atoms with van der Waals surface area (Å²) in [5.74, 6) is 1.02. The maximum absolute atomic E-state index is 5.85. The van der Waals surface area contributed by atoms with Gasteiger partial charge in [0.25, 0.3) is 0 Å². The quantitative estimate of drug-likeness (QED) is 0.902. The first-order chi connectivity index (χ1) is 9.08. The molecule has 3 nitrogen and oxygen atoms in total. The van der Waals surface area contributed by atoms with Crippen molar-refractivity contribution in [1.29, 1.82) is 0 Å². The zero-order chi connectivity index (χ0) is 13.8. The molecule has 0 aromatic heterocycles. The minimum Gasteiger partial charge on any atom is -0.491 e. The summed E-state index contributed by atoms with van der Waals surface area (Å²) in [5.41, 5.74) is 4.08. The van der Waals surface area contributed by atoms with E-state index >= 15 is 0 Å². The molecule has 2 rings (SSSR count). The van der Waals surface area contributed by atoms with Crippen LogP contribution in [0, 0.1) is 13.8 Å². The summed E-state index contributed by atoms with van der Waals surface area (Å²) >= 11 is 0. The monoisotopic (exact) mass is 262 g/mol. The number of piperazine rings is 1. The smallest absolute Gasteiger partial charge is 0.122 e. The van der Waals surface area contributed by atoms with Crippen LogP contribution in [0.3, 0.4) is 0 Å². The highest BCUT2D eigenvalue weighted by Crippen LogP contribution is 2.26. The van der Waals surface area contributed by atoms with E-state index in [9.17, 15) is 0 Å². The molecule has 1 N–H and O–H groups in total. The van der Waals surface area contributed by atoms with Crippen molar-refractivity contribution in [2.45, 2.75) is 40.3 Å². The van der Waals surface area contributed by atoms with Crippen molar-refractivity contribution in [1.82, 2.24) is 10.2 Å². The van der Waals surface area contributed by atoms with Crippen LogP contribution in [0.4, 0.5) is 0 Å². The van der Waals surface area contributed by atoms with Crippen molar-refractivity contribution in [2.24, 2.45) is 0 Å². The number of nitrogens with zero attached hydrogens (tertiary/aromatic N) is 1. The summed E-state index contributed by atoms with van der Waals surface area (Å²) in [6.07, 6.45) is 0.233. The molecule has 0 radical (unpaired) electrons. The fraction of sp³-hybridized carbons (Fsp3) is 0.625. The molecule has 0 saturated carbocycles. The second-order valence-corrected chi connectivity index (χ2v) is 5.67. The summed E-state index contributed by atoms with van der Waals surface area (Å²) in [6.45, 7) is 14.1. The lowest BCUT2D eigenvalue weighted by atomic mass is 10.0. The SMILES string of the molecule is Cc1c(CN2CCNCC2)ccc(OC(C)C)c1C. The Morgan fingerprint density at radius 3 is 2.47 bits per heavy atom. The molecule has 1 aromatic carbocycles. The van der Waals surface area contributed by atoms with Crippen molar-refractivity contribution in [3.8, 4) is 5.75 Å². The Labute approximate surface area is 116 Å². The van der Waals surface area contributed by atoms with Crippen LogP contribution in [0.1, 0.15) is 30.5 Å². The molecule has 106 valence electrons. The summed E-state index contributed by atoms with van der Waals surface area (Å²) in [4.78, 5) is 2.52. The van der Waals surface area contributed by atoms with Crippen molar-refractivity contribution in [3.63, 3.8) is 0 Å². The second-order valence-electron chi connectivity index (χ2n) is 5.67. The van der Waals surface area contributed by atoms with Crippen LogP contribution in [0.2, 0.25) is 0 Å². The minimum absolute atomic E-state index is 0.233. The van der Waals surface area contributed by atoms with Crippen LogP contribution < -0.4 is 10.1 Å². The van der Waals surface area contributed by atoms with Gasteiger partial charge in [0, 0.05) is 32.7 Å². The average molecular weight is 262 g/mol. The molecule has 0 spiro atoms. The van der Waals surface area contributed by atoms with E-state index in [0.29, 0.717) is 0 Å². The molecule has 1 heterocycles. The molecule has 1 fully saturated rings. The molecule has 0 unspecified atom stereocenters. The van der Waals surface area contributed by atoms with Gasteiger partial charge in [0.2, 0.25) is 0 Å². The Kier molecular flexibility index (Phi) is 4.83. The van der Waals surface area contributed by atoms with E-state index in [4.69, 9.17) is 4.74 Å². The number of hydrogen-bond donors (Lipinski definition) is 1. The van der Waals surface area contributed by atoms with E-state index in [2.05, 4.69) is 50.0 Å². The van der Waals surface area contributed by atoms with Gasteiger partial charge < -0.3 is 10.1 Å². The summed E-state index contributed by atoms with van der Waals surface area (Å²) in [7, 11) is 0. The number of benzene rings is 1. The maximum Gasteiger partial charge on any atom is 0.122 e. The van der Waals surface area contributed by atoms with E-state index in [1.807, 2.05) is 0 Å². The highest BCUT2D eigenvalue weighted by Gasteiger charge is 2.13. The molecule has 1 aliphatic rings. The number of ether oxygens (including phenoxy) is 1. The molecule has 3 heteroatoms. The fourth-order valence-electron chi connectivity index (χ4n) is 2.51. The van der Waals surface area contributed by atoms with Crippen molar-refractivity contribution >= 4 is 0 Å². The molecule has 0 atom stereocenters. The fourth-order valence-corrected chi connectivity index (χ4v) is 2.51. The average Bonchev–Trinajstić information content (AvgIpc) is 2.39. The molecule has 19 heavy (non-hydrogen) atoms. The maximum atomic E-state index is 5.85. The van der Waals surface area contributed by atoms with Gasteiger partial charge in [0.15, 0.2) is 0 Å². The van der Waals surface area contributed by atoms with Crippen LogP contribution in [0.5, 0.6) is 5.75 Å². The molecule has 1 aromatic rings. The molecule has 0 aliphatic carbocycles. The first-order valence-corrected chi connectivity index (χ1v) is 7.26. The Morgan fingerprint density at radius 2 is 1.84 bits per heavy atom. The van der Waals surface area contributed by atoms with Crippen LogP contribution in [-0.2, 0) is 6.54 Å². The third-order valence-corrected chi connectivity index (χ3v) is 3.82. The zero-order valence-electron chi connectivity index (χ0n) is 12.6. The largest absolute Gasteiger partial charge is 0.491 e. The zero-order valence-corrected chi connectivity index (χ0v) is 12.6. The normalized spacial score (nSPS) is 16.9. The summed E-state index contributed by atoms with van der Waals surface area (Å²) in [5, 5.41) is 3.40. The lowest BCUT2D eigenvalue weighted by Gasteiger charge is -2.28. The lowest BCUT2D eigenvalue weighted by molar-refractivity contribution is 0.231. The van der Waals surface area contributed by atoms with Gasteiger partial charge in [-0.2, -0.15) is 0 Å². The number of rotatable bonds is 4. The summed E-state index contributed by atoms with van der Waals surface area (Å²) < 4.78 is 5.85. The molecule has 1 saturated heterocycles. The highest BCUT2D eigenvalue weighted by atomic mass is 16.5. The molecule has 0 amide bonds. The van der Waals surface area contributed by atoms with E-state index < -0.39 is 0 Å². The van der Waals surface area contributed by atoms with Gasteiger partial charge >= 0.3 is 0 Å². The molecular weight excluding hydrogens is 236 g/mol. The van der Waals surface area contributed by atoms with Gasteiger partial charge in [-0.15, -0.1) is 0 Å². The predicted octanol–water partition coefficient (Wildman–Crippen LogP) is 2.50. The van der Waals surface area contributed by atoms with Gasteiger partial charge in [-0.3, -0.25) is 4.90 Å². The van der Waals surface area contributed by atoms with Crippen molar-refractivity contribution < 1.29 is 4.74 Å². The van der Waals surface area contributed by atoms with Crippen LogP contribution in [0.15, 0.2) is 12.1 Å². The standard InChI is InChI=1S/C16H26N2O/c1-12(2)19-16-6-5-15(13(3)14(16)4)11-18-9-7-17-8-10-18/h5-6,12,17H,7-11H2,1-4H3. The van der Waals surface area contributed by atoms with Crippen molar-refractivity contribution in [3.05, 3.63) is 28.8 Å². The van der Waals surface area contributed by atoms with Crippen LogP contribution in [0.25, 0.3) is 0 Å². The Balaban J connectivity index is 2.11. The molecule has 0 bridgehead atoms. The van der Waals surface area contributed by atoms with Gasteiger partial charge in [0.05, 0.1) is 6.10 Å². The van der Waals surface area contributed by atoms with Crippen molar-refractivity contribution in [2.75, 3.05) is 26.2 Å². The van der Waals surface area contributed by atoms with Crippen LogP contribution in [-0.4, -0.2) is 37.2 Å². The Bertz CT molecular complexity index is 423. The van der Waals surface area contributed by atoms with Gasteiger partial charge in [-0.1, -0.05) is 6.07 Å². The second kappa shape index (κ2) is 6.40. The molecule has 1 aliphatic heterocycles. The van der Waals surface area contributed by atoms with E-state index in [0.717, 1.165) is 38.5 Å². The third kappa shape index (κ3) is 3.71. The lowest BCUT2D eigenvalue weighted by Crippen LogP contribution is -2.43. The van der Waals surface area contributed by atoms with E-state index in [1.165, 1.54) is 16.7 Å². The van der Waals surface area contributed by atoms with Crippen LogP contribution >= 0.6 is 0 Å². The first kappa shape index (κ1) is 14.4. The predicted molar refractivity (Wildman–Crippen MR) is 79.8 cm³/mol. The Morgan fingerprint density at radius 1 is 1.16 bits per heavy atom. The number of nitrogens with one attached hydrogen (secondary N) is 1. The minimum atomic E-state index is 0.233. The van der Waals surface area contributed by atoms with E-state index in [-0.39, 0.29) is 6.10 Å². The van der Waals surface area contributed by atoms with E-state index in [1.54, 1.807) is 0 Å². The first-order valence-electron chi connectivity index (χ1n) is 7.26. The summed E-state index contributed by atoms with van der Waals surface area (Å²) in [6, 6.07) is 4.35.